The molecule has 0 aliphatic rings. The quantitative estimate of drug-likeness (QED) is 0.733. The van der Waals surface area contributed by atoms with Crippen molar-refractivity contribution in [1.82, 2.24) is 4.98 Å². The highest BCUT2D eigenvalue weighted by Crippen LogP contribution is 2.34. The topological polar surface area (TPSA) is 24.9 Å². The van der Waals surface area contributed by atoms with E-state index >= 15 is 0 Å². The Morgan fingerprint density at radius 2 is 1.75 bits per heavy atom. The molecule has 0 saturated carbocycles. The Balaban J connectivity index is 2.12. The maximum Gasteiger partial charge on any atom is 0.0981 e. The van der Waals surface area contributed by atoms with Crippen LogP contribution in [0.15, 0.2) is 18.3 Å². The minimum atomic E-state index is 0.0679. The van der Waals surface area contributed by atoms with Gasteiger partial charge in [-0.15, -0.1) is 11.3 Å². The van der Waals surface area contributed by atoms with Gasteiger partial charge in [-0.25, -0.2) is 4.98 Å². The van der Waals surface area contributed by atoms with Crippen LogP contribution in [0.5, 0.6) is 0 Å². The molecule has 6 heteroatoms. The van der Waals surface area contributed by atoms with Crippen molar-refractivity contribution in [3.8, 4) is 0 Å². The molecule has 108 valence electrons. The summed E-state index contributed by atoms with van der Waals surface area (Å²) in [6.07, 6.45) is 1.88. The van der Waals surface area contributed by atoms with Gasteiger partial charge in [0.05, 0.1) is 27.3 Å². The Morgan fingerprint density at radius 3 is 2.25 bits per heavy atom. The predicted molar refractivity (Wildman–Crippen MR) is 89.6 cm³/mol. The van der Waals surface area contributed by atoms with E-state index in [9.17, 15) is 0 Å². The van der Waals surface area contributed by atoms with Crippen LogP contribution >= 0.6 is 46.1 Å². The van der Waals surface area contributed by atoms with Gasteiger partial charge in [0.1, 0.15) is 0 Å². The van der Waals surface area contributed by atoms with E-state index in [1.807, 2.05) is 6.20 Å². The van der Waals surface area contributed by atoms with E-state index in [0.29, 0.717) is 27.3 Å². The zero-order valence-corrected chi connectivity index (χ0v) is 14.5. The van der Waals surface area contributed by atoms with Crippen molar-refractivity contribution < 1.29 is 0 Å². The molecule has 0 unspecified atom stereocenters. The van der Waals surface area contributed by atoms with Gasteiger partial charge in [-0.3, -0.25) is 0 Å². The predicted octanol–water partition coefficient (Wildman–Crippen LogP) is 6.01. The molecule has 0 saturated heterocycles. The van der Waals surface area contributed by atoms with Crippen LogP contribution in [0.4, 0.5) is 5.69 Å². The molecule has 0 aliphatic carbocycles. The molecule has 0 amide bonds. The van der Waals surface area contributed by atoms with Crippen molar-refractivity contribution in [3.63, 3.8) is 0 Å². The van der Waals surface area contributed by atoms with Crippen molar-refractivity contribution in [3.05, 3.63) is 43.3 Å². The van der Waals surface area contributed by atoms with Crippen LogP contribution in [0.25, 0.3) is 0 Å². The molecule has 20 heavy (non-hydrogen) atoms. The first-order valence-electron chi connectivity index (χ1n) is 6.11. The summed E-state index contributed by atoms with van der Waals surface area (Å²) >= 11 is 19.8. The summed E-state index contributed by atoms with van der Waals surface area (Å²) in [4.78, 5) is 5.59. The highest BCUT2D eigenvalue weighted by Gasteiger charge is 2.18. The Labute approximate surface area is 138 Å². The summed E-state index contributed by atoms with van der Waals surface area (Å²) in [5.74, 6) is 0. The Bertz CT molecular complexity index is 594. The van der Waals surface area contributed by atoms with Crippen LogP contribution in [0.3, 0.4) is 0 Å². The van der Waals surface area contributed by atoms with E-state index in [-0.39, 0.29) is 5.41 Å². The number of anilines is 1. The zero-order chi connectivity index (χ0) is 14.9. The number of halogens is 3. The molecule has 0 fully saturated rings. The van der Waals surface area contributed by atoms with Crippen LogP contribution < -0.4 is 5.32 Å². The molecule has 1 aromatic heterocycles. The van der Waals surface area contributed by atoms with E-state index in [2.05, 4.69) is 31.1 Å². The summed E-state index contributed by atoms with van der Waals surface area (Å²) in [6.45, 7) is 7.08. The number of benzene rings is 1. The highest BCUT2D eigenvalue weighted by molar-refractivity contribution is 7.11. The highest BCUT2D eigenvalue weighted by atomic mass is 35.5. The van der Waals surface area contributed by atoms with E-state index < -0.39 is 0 Å². The number of aromatic nitrogens is 1. The molecule has 0 atom stereocenters. The maximum atomic E-state index is 6.14. The van der Waals surface area contributed by atoms with Gasteiger partial charge in [0, 0.05) is 21.5 Å². The van der Waals surface area contributed by atoms with Crippen molar-refractivity contribution in [1.29, 1.82) is 0 Å². The van der Waals surface area contributed by atoms with Crippen LogP contribution in [0, 0.1) is 0 Å². The molecular weight excluding hydrogens is 335 g/mol. The minimum Gasteiger partial charge on any atom is -0.378 e. The van der Waals surface area contributed by atoms with Gasteiger partial charge >= 0.3 is 0 Å². The fourth-order valence-corrected chi connectivity index (χ4v) is 3.48. The molecule has 2 aromatic rings. The molecule has 2 nitrogen and oxygen atoms in total. The van der Waals surface area contributed by atoms with Crippen molar-refractivity contribution >= 4 is 51.8 Å². The maximum absolute atomic E-state index is 6.14. The van der Waals surface area contributed by atoms with E-state index in [0.717, 1.165) is 9.88 Å². The van der Waals surface area contributed by atoms with Crippen molar-refractivity contribution in [2.45, 2.75) is 32.7 Å². The lowest BCUT2D eigenvalue weighted by molar-refractivity contribution is 0.585. The Hall–Kier alpha value is -0.480. The van der Waals surface area contributed by atoms with Crippen molar-refractivity contribution in [2.75, 3.05) is 5.32 Å². The van der Waals surface area contributed by atoms with Gasteiger partial charge in [0.15, 0.2) is 0 Å². The number of nitrogens with zero attached hydrogens (tertiary/aromatic N) is 1. The Morgan fingerprint density at radius 1 is 1.15 bits per heavy atom. The molecular formula is C14H15Cl3N2S. The first-order valence-corrected chi connectivity index (χ1v) is 8.06. The third-order valence-corrected chi connectivity index (χ3v) is 4.88. The van der Waals surface area contributed by atoms with Crippen LogP contribution in [-0.4, -0.2) is 4.98 Å². The van der Waals surface area contributed by atoms with E-state index in [1.165, 1.54) is 0 Å². The van der Waals surface area contributed by atoms with Gasteiger partial charge in [-0.1, -0.05) is 55.6 Å². The summed E-state index contributed by atoms with van der Waals surface area (Å²) in [5.41, 5.74) is 0.766. The minimum absolute atomic E-state index is 0.0679. The van der Waals surface area contributed by atoms with Gasteiger partial charge < -0.3 is 5.32 Å². The molecule has 1 N–H and O–H groups in total. The standard InChI is InChI=1S/C14H15Cl3N2S/c1-14(2,3)13-19-7-9(20-13)6-18-12-10(16)4-8(15)5-11(12)17/h4-5,7,18H,6H2,1-3H3. The molecule has 0 spiro atoms. The number of hydrogen-bond donors (Lipinski definition) is 1. The second-order valence-corrected chi connectivity index (χ2v) is 7.85. The number of nitrogens with one attached hydrogen (secondary N) is 1. The zero-order valence-electron chi connectivity index (χ0n) is 11.4. The van der Waals surface area contributed by atoms with Crippen LogP contribution in [0.1, 0.15) is 30.7 Å². The average Bonchev–Trinajstić information content (AvgIpc) is 2.75. The number of rotatable bonds is 3. The smallest absolute Gasteiger partial charge is 0.0981 e. The lowest BCUT2D eigenvalue weighted by atomic mass is 9.98. The SMILES string of the molecule is CC(C)(C)c1ncc(CNc2c(Cl)cc(Cl)cc2Cl)s1. The monoisotopic (exact) mass is 348 g/mol. The van der Waals surface area contributed by atoms with Gasteiger partial charge in [0.2, 0.25) is 0 Å². The third-order valence-electron chi connectivity index (χ3n) is 2.64. The summed E-state index contributed by atoms with van der Waals surface area (Å²) in [7, 11) is 0. The molecule has 2 rings (SSSR count). The number of thiazole rings is 1. The normalized spacial score (nSPS) is 11.7. The second-order valence-electron chi connectivity index (χ2n) is 5.48. The number of hydrogen-bond acceptors (Lipinski definition) is 3. The summed E-state index contributed by atoms with van der Waals surface area (Å²) in [6, 6.07) is 3.34. The average molecular weight is 350 g/mol. The lowest BCUT2D eigenvalue weighted by Crippen LogP contribution is -2.09. The van der Waals surface area contributed by atoms with Gasteiger partial charge in [-0.2, -0.15) is 0 Å². The fourth-order valence-electron chi connectivity index (χ4n) is 1.62. The molecule has 0 bridgehead atoms. The van der Waals surface area contributed by atoms with Crippen molar-refractivity contribution in [2.24, 2.45) is 0 Å². The Kier molecular flexibility index (Phi) is 4.85. The second kappa shape index (κ2) is 6.10. The van der Waals surface area contributed by atoms with Crippen LogP contribution in [0.2, 0.25) is 15.1 Å². The molecule has 1 aromatic carbocycles. The molecule has 0 radical (unpaired) electrons. The fraction of sp³-hybridized carbons (Fsp3) is 0.357. The van der Waals surface area contributed by atoms with E-state index in [1.54, 1.807) is 23.5 Å². The molecule has 0 aliphatic heterocycles. The lowest BCUT2D eigenvalue weighted by Gasteiger charge is -2.13. The first-order chi connectivity index (χ1) is 9.27. The largest absolute Gasteiger partial charge is 0.378 e. The van der Waals surface area contributed by atoms with Gasteiger partial charge in [0.25, 0.3) is 0 Å². The van der Waals surface area contributed by atoms with Crippen LogP contribution in [-0.2, 0) is 12.0 Å². The van der Waals surface area contributed by atoms with Gasteiger partial charge in [-0.05, 0) is 12.1 Å². The first kappa shape index (κ1) is 15.9. The van der Waals surface area contributed by atoms with E-state index in [4.69, 9.17) is 34.8 Å². The molecule has 1 heterocycles. The summed E-state index contributed by atoms with van der Waals surface area (Å²) in [5, 5.41) is 5.91. The summed E-state index contributed by atoms with van der Waals surface area (Å²) < 4.78 is 0. The third kappa shape index (κ3) is 3.79.